The van der Waals surface area contributed by atoms with Crippen LogP contribution in [0, 0.1) is 0 Å². The Labute approximate surface area is 215 Å². The summed E-state index contributed by atoms with van der Waals surface area (Å²) in [4.78, 5) is 16.0. The smallest absolute Gasteiger partial charge is 0.361 e. The van der Waals surface area contributed by atoms with Crippen LogP contribution in [0.3, 0.4) is 0 Å². The number of carbonyl (C=O) groups is 1. The van der Waals surface area contributed by atoms with Gasteiger partial charge in [-0.15, -0.1) is 11.3 Å². The molecule has 0 unspecified atom stereocenters. The van der Waals surface area contributed by atoms with Crippen molar-refractivity contribution in [1.29, 1.82) is 0 Å². The molecule has 0 bridgehead atoms. The third-order valence-electron chi connectivity index (χ3n) is 6.10. The zero-order chi connectivity index (χ0) is 25.3. The van der Waals surface area contributed by atoms with Gasteiger partial charge in [0.15, 0.2) is 11.7 Å². The van der Waals surface area contributed by atoms with Crippen LogP contribution in [0.2, 0.25) is 5.02 Å². The molecular weight excluding hydrogens is 509 g/mol. The summed E-state index contributed by atoms with van der Waals surface area (Å²) >= 11 is 7.94. The lowest BCUT2D eigenvalue weighted by Crippen LogP contribution is -2.35. The number of hydrogen-bond acceptors (Lipinski definition) is 4. The van der Waals surface area contributed by atoms with Crippen molar-refractivity contribution in [2.75, 3.05) is 5.32 Å². The highest BCUT2D eigenvalue weighted by Crippen LogP contribution is 2.47. The second-order valence-electron chi connectivity index (χ2n) is 8.59. The van der Waals surface area contributed by atoms with E-state index >= 15 is 0 Å². The summed E-state index contributed by atoms with van der Waals surface area (Å²) in [6.45, 7) is 0.502. The Morgan fingerprint density at radius 1 is 1.03 bits per heavy atom. The highest BCUT2D eigenvalue weighted by Gasteiger charge is 2.48. The number of amides is 1. The average molecular weight is 531 g/mol. The zero-order valence-electron chi connectivity index (χ0n) is 19.0. The van der Waals surface area contributed by atoms with Gasteiger partial charge in [-0.2, -0.15) is 18.3 Å². The van der Waals surface area contributed by atoms with Gasteiger partial charge in [-0.1, -0.05) is 78.3 Å². The van der Waals surface area contributed by atoms with E-state index in [4.69, 9.17) is 11.6 Å². The van der Waals surface area contributed by atoms with Gasteiger partial charge in [-0.3, -0.25) is 4.79 Å². The van der Waals surface area contributed by atoms with Gasteiger partial charge in [0.1, 0.15) is 10.8 Å². The summed E-state index contributed by atoms with van der Waals surface area (Å²) in [5.41, 5.74) is 1.56. The third-order valence-corrected chi connectivity index (χ3v) is 7.45. The fourth-order valence-electron chi connectivity index (χ4n) is 4.36. The third kappa shape index (κ3) is 4.99. The molecule has 0 fully saturated rings. The fraction of sp³-hybridized carbons (Fsp3) is 0.231. The maximum Gasteiger partial charge on any atom is 0.410 e. The Morgan fingerprint density at radius 2 is 1.64 bits per heavy atom. The molecule has 1 N–H and O–H groups in total. The van der Waals surface area contributed by atoms with Crippen LogP contribution in [0.1, 0.15) is 45.0 Å². The van der Waals surface area contributed by atoms with Crippen LogP contribution in [0.15, 0.2) is 78.2 Å². The molecule has 0 radical (unpaired) electrons. The van der Waals surface area contributed by atoms with Crippen LogP contribution in [0.4, 0.5) is 19.0 Å². The number of nitrogens with zero attached hydrogens (tertiary/aromatic N) is 3. The van der Waals surface area contributed by atoms with Crippen molar-refractivity contribution in [2.45, 2.75) is 37.8 Å². The molecule has 2 aromatic carbocycles. The monoisotopic (exact) mass is 530 g/mol. The number of halogens is 4. The summed E-state index contributed by atoms with van der Waals surface area (Å²) in [5.74, 6) is -0.531. The highest BCUT2D eigenvalue weighted by molar-refractivity contribution is 7.10. The number of fused-ring (bicyclic) bond motifs is 1. The average Bonchev–Trinajstić information content (AvgIpc) is 3.52. The molecule has 3 heterocycles. The predicted molar refractivity (Wildman–Crippen MR) is 134 cm³/mol. The van der Waals surface area contributed by atoms with E-state index in [2.05, 4.69) is 10.4 Å². The van der Waals surface area contributed by atoms with E-state index in [9.17, 15) is 18.0 Å². The summed E-state index contributed by atoms with van der Waals surface area (Å²) < 4.78 is 43.1. The molecule has 10 heteroatoms. The first-order valence-electron chi connectivity index (χ1n) is 11.3. The molecule has 4 aromatic rings. The van der Waals surface area contributed by atoms with Crippen molar-refractivity contribution in [3.05, 3.63) is 105 Å². The van der Waals surface area contributed by atoms with Crippen molar-refractivity contribution in [3.63, 3.8) is 0 Å². The summed E-state index contributed by atoms with van der Waals surface area (Å²) in [6.07, 6.45) is -4.81. The Morgan fingerprint density at radius 3 is 2.17 bits per heavy atom. The van der Waals surface area contributed by atoms with Gasteiger partial charge >= 0.3 is 6.18 Å². The van der Waals surface area contributed by atoms with Gasteiger partial charge < -0.3 is 10.2 Å². The molecule has 2 aromatic heterocycles. The molecular formula is C26H22ClF3N4OS. The minimum atomic E-state index is -4.56. The van der Waals surface area contributed by atoms with Crippen LogP contribution in [0.5, 0.6) is 0 Å². The number of aromatic nitrogens is 2. The number of carbonyl (C=O) groups excluding carboxylic acids is 1. The minimum Gasteiger partial charge on any atom is -0.361 e. The summed E-state index contributed by atoms with van der Waals surface area (Å²) in [7, 11) is 0. The van der Waals surface area contributed by atoms with Gasteiger partial charge in [0.25, 0.3) is 5.91 Å². The normalized spacial score (nSPS) is 17.3. The highest BCUT2D eigenvalue weighted by atomic mass is 35.5. The van der Waals surface area contributed by atoms with Crippen LogP contribution >= 0.6 is 22.9 Å². The maximum absolute atomic E-state index is 14.1. The van der Waals surface area contributed by atoms with Crippen LogP contribution in [-0.2, 0) is 13.1 Å². The van der Waals surface area contributed by atoms with Gasteiger partial charge in [-0.25, -0.2) is 4.68 Å². The Bertz CT molecular complexity index is 1290. The molecule has 186 valence electrons. The quantitative estimate of drug-likeness (QED) is 0.289. The maximum atomic E-state index is 14.1. The van der Waals surface area contributed by atoms with Crippen LogP contribution < -0.4 is 5.32 Å². The van der Waals surface area contributed by atoms with E-state index in [1.54, 1.807) is 17.0 Å². The lowest BCUT2D eigenvalue weighted by atomic mass is 10.0. The number of thiophene rings is 1. The molecule has 1 amide bonds. The molecule has 1 aliphatic rings. The first-order valence-corrected chi connectivity index (χ1v) is 12.6. The van der Waals surface area contributed by atoms with Gasteiger partial charge in [-0.05, 0) is 22.6 Å². The second kappa shape index (κ2) is 9.99. The van der Waals surface area contributed by atoms with E-state index < -0.39 is 24.2 Å². The van der Waals surface area contributed by atoms with Crippen molar-refractivity contribution in [1.82, 2.24) is 14.7 Å². The molecule has 5 rings (SSSR count). The van der Waals surface area contributed by atoms with E-state index in [-0.39, 0.29) is 36.0 Å². The fourth-order valence-corrected chi connectivity index (χ4v) is 5.41. The van der Waals surface area contributed by atoms with Crippen LogP contribution in [-0.4, -0.2) is 26.8 Å². The number of rotatable bonds is 6. The standard InChI is InChI=1S/C26H22ClF3N4OS/c27-22-23(25(35)33(15-17-8-3-1-4-9-17)16-18-10-5-2-6-11-18)32-34-21(26(28,29)30)14-19(31-24(22)34)20-12-7-13-36-20/h1-13,19,21,31H,14-16H2/t19-,21-/m0/s1. The largest absolute Gasteiger partial charge is 0.410 e. The van der Waals surface area contributed by atoms with Gasteiger partial charge in [0.05, 0.1) is 6.04 Å². The van der Waals surface area contributed by atoms with E-state index in [1.807, 2.05) is 66.0 Å². The van der Waals surface area contributed by atoms with Crippen molar-refractivity contribution < 1.29 is 18.0 Å². The number of alkyl halides is 3. The molecule has 0 aliphatic carbocycles. The Kier molecular flexibility index (Phi) is 6.77. The van der Waals surface area contributed by atoms with Crippen molar-refractivity contribution >= 4 is 34.7 Å². The number of hydrogen-bond donors (Lipinski definition) is 1. The lowest BCUT2D eigenvalue weighted by molar-refractivity contribution is -0.173. The first kappa shape index (κ1) is 24.4. The SMILES string of the molecule is O=C(c1nn2c(c1Cl)N[C@H](c1cccs1)C[C@H]2C(F)(F)F)N(Cc1ccccc1)Cc1ccccc1. The molecule has 36 heavy (non-hydrogen) atoms. The summed E-state index contributed by atoms with van der Waals surface area (Å²) in [6, 6.07) is 19.8. The molecule has 0 spiro atoms. The Balaban J connectivity index is 1.52. The topological polar surface area (TPSA) is 50.2 Å². The van der Waals surface area contributed by atoms with Crippen LogP contribution in [0.25, 0.3) is 0 Å². The molecule has 5 nitrogen and oxygen atoms in total. The number of nitrogens with one attached hydrogen (secondary N) is 1. The van der Waals surface area contributed by atoms with E-state index in [0.717, 1.165) is 20.7 Å². The zero-order valence-corrected chi connectivity index (χ0v) is 20.5. The minimum absolute atomic E-state index is 0.00589. The Hall–Kier alpha value is -3.30. The first-order chi connectivity index (χ1) is 17.3. The molecule has 2 atom stereocenters. The predicted octanol–water partition coefficient (Wildman–Crippen LogP) is 7.10. The summed E-state index contributed by atoms with van der Waals surface area (Å²) in [5, 5.41) is 8.93. The number of anilines is 1. The molecule has 1 aliphatic heterocycles. The molecule has 0 saturated carbocycles. The van der Waals surface area contributed by atoms with E-state index in [1.165, 1.54) is 11.3 Å². The van der Waals surface area contributed by atoms with Crippen molar-refractivity contribution in [2.24, 2.45) is 0 Å². The second-order valence-corrected chi connectivity index (χ2v) is 9.95. The van der Waals surface area contributed by atoms with E-state index in [0.29, 0.717) is 0 Å². The lowest BCUT2D eigenvalue weighted by Gasteiger charge is -2.32. The number of benzene rings is 2. The van der Waals surface area contributed by atoms with Crippen molar-refractivity contribution in [3.8, 4) is 0 Å². The van der Waals surface area contributed by atoms with Gasteiger partial charge in [0.2, 0.25) is 0 Å². The van der Waals surface area contributed by atoms with Gasteiger partial charge in [0, 0.05) is 24.4 Å². The molecule has 0 saturated heterocycles.